The highest BCUT2D eigenvalue weighted by atomic mass is 16.5. The summed E-state index contributed by atoms with van der Waals surface area (Å²) < 4.78 is 12.7. The molecule has 5 rings (SSSR count). The third-order valence-corrected chi connectivity index (χ3v) is 9.08. The topological polar surface area (TPSA) is 133 Å². The van der Waals surface area contributed by atoms with Gasteiger partial charge in [0.1, 0.15) is 5.75 Å². The molecule has 0 unspecified atom stereocenters. The molecule has 0 aliphatic carbocycles. The largest absolute Gasteiger partial charge is 0.490 e. The number of rotatable bonds is 7. The molecule has 0 radical (unpaired) electrons. The Morgan fingerprint density at radius 3 is 2.56 bits per heavy atom. The van der Waals surface area contributed by atoms with Crippen LogP contribution in [0.2, 0.25) is 0 Å². The molecular formula is C39H47N5O6. The van der Waals surface area contributed by atoms with E-state index in [1.807, 2.05) is 56.3 Å². The lowest BCUT2D eigenvalue weighted by Crippen LogP contribution is -2.48. The summed E-state index contributed by atoms with van der Waals surface area (Å²) in [5.41, 5.74) is 1.86. The van der Waals surface area contributed by atoms with Crippen LogP contribution in [-0.4, -0.2) is 89.3 Å². The zero-order valence-electron chi connectivity index (χ0n) is 29.2. The molecule has 1 aromatic heterocycles. The molecule has 4 atom stereocenters. The lowest BCUT2D eigenvalue weighted by molar-refractivity contribution is -0.0115. The van der Waals surface area contributed by atoms with Gasteiger partial charge in [-0.15, -0.1) is 0 Å². The minimum Gasteiger partial charge on any atom is -0.490 e. The Hall–Kier alpha value is -5.00. The predicted molar refractivity (Wildman–Crippen MR) is 195 cm³/mol. The van der Waals surface area contributed by atoms with E-state index in [1.165, 1.54) is 0 Å². The molecule has 0 fully saturated rings. The van der Waals surface area contributed by atoms with Crippen LogP contribution in [0.4, 0.5) is 16.2 Å². The van der Waals surface area contributed by atoms with E-state index in [1.54, 1.807) is 66.5 Å². The van der Waals surface area contributed by atoms with Gasteiger partial charge in [-0.3, -0.25) is 14.6 Å². The van der Waals surface area contributed by atoms with Crippen molar-refractivity contribution in [1.82, 2.24) is 14.8 Å². The molecule has 11 nitrogen and oxygen atoms in total. The first-order valence-corrected chi connectivity index (χ1v) is 17.2. The maximum Gasteiger partial charge on any atom is 0.321 e. The van der Waals surface area contributed by atoms with Crippen LogP contribution in [0.5, 0.6) is 5.75 Å². The van der Waals surface area contributed by atoms with Crippen LogP contribution in [-0.2, 0) is 4.74 Å². The summed E-state index contributed by atoms with van der Waals surface area (Å²) in [6.07, 6.45) is 4.87. The van der Waals surface area contributed by atoms with Gasteiger partial charge >= 0.3 is 6.03 Å². The van der Waals surface area contributed by atoms with Crippen molar-refractivity contribution >= 4 is 40.0 Å². The summed E-state index contributed by atoms with van der Waals surface area (Å²) >= 11 is 0. The number of anilines is 2. The maximum atomic E-state index is 14.4. The molecule has 0 bridgehead atoms. The quantitative estimate of drug-likeness (QED) is 0.204. The van der Waals surface area contributed by atoms with Crippen molar-refractivity contribution < 1.29 is 29.0 Å². The average molecular weight is 682 g/mol. The van der Waals surface area contributed by atoms with Crippen LogP contribution in [0.15, 0.2) is 85.2 Å². The number of nitrogens with zero attached hydrogens (tertiary/aromatic N) is 3. The highest BCUT2D eigenvalue weighted by molar-refractivity contribution is 6.05. The van der Waals surface area contributed by atoms with Gasteiger partial charge in [-0.05, 0) is 74.9 Å². The second-order valence-corrected chi connectivity index (χ2v) is 13.0. The number of pyridine rings is 1. The van der Waals surface area contributed by atoms with E-state index in [2.05, 4.69) is 15.6 Å². The fourth-order valence-corrected chi connectivity index (χ4v) is 6.07. The number of ether oxygens (including phenoxy) is 2. The predicted octanol–water partition coefficient (Wildman–Crippen LogP) is 6.45. The van der Waals surface area contributed by atoms with Crippen molar-refractivity contribution in [2.24, 2.45) is 5.92 Å². The van der Waals surface area contributed by atoms with Crippen LogP contribution in [0.1, 0.15) is 60.7 Å². The minimum atomic E-state index is -0.536. The summed E-state index contributed by atoms with van der Waals surface area (Å²) in [6, 6.07) is 21.1. The summed E-state index contributed by atoms with van der Waals surface area (Å²) in [5, 5.41) is 18.2. The zero-order valence-corrected chi connectivity index (χ0v) is 29.2. The Morgan fingerprint density at radius 1 is 1.02 bits per heavy atom. The normalized spacial score (nSPS) is 19.4. The number of fused-ring (bicyclic) bond motifs is 2. The van der Waals surface area contributed by atoms with Crippen LogP contribution < -0.4 is 15.4 Å². The number of benzene rings is 3. The first kappa shape index (κ1) is 36.3. The third-order valence-electron chi connectivity index (χ3n) is 9.08. The highest BCUT2D eigenvalue weighted by Crippen LogP contribution is 2.29. The van der Waals surface area contributed by atoms with Gasteiger partial charge in [0.25, 0.3) is 11.8 Å². The fourth-order valence-electron chi connectivity index (χ4n) is 6.07. The Balaban J connectivity index is 1.38. The van der Waals surface area contributed by atoms with Gasteiger partial charge < -0.3 is 35.0 Å². The Kier molecular flexibility index (Phi) is 12.4. The van der Waals surface area contributed by atoms with Crippen molar-refractivity contribution in [1.29, 1.82) is 0 Å². The Morgan fingerprint density at radius 2 is 1.78 bits per heavy atom. The summed E-state index contributed by atoms with van der Waals surface area (Å²) in [7, 11) is 1.73. The van der Waals surface area contributed by atoms with Gasteiger partial charge in [0.2, 0.25) is 0 Å². The van der Waals surface area contributed by atoms with Gasteiger partial charge in [-0.2, -0.15) is 0 Å². The van der Waals surface area contributed by atoms with E-state index in [9.17, 15) is 19.5 Å². The van der Waals surface area contributed by atoms with E-state index in [4.69, 9.17) is 9.47 Å². The molecule has 0 saturated carbocycles. The molecular weight excluding hydrogens is 634 g/mol. The Bertz CT molecular complexity index is 1760. The summed E-state index contributed by atoms with van der Waals surface area (Å²) in [4.78, 5) is 48.0. The molecule has 4 amide bonds. The molecule has 50 heavy (non-hydrogen) atoms. The van der Waals surface area contributed by atoms with Crippen LogP contribution in [0, 0.1) is 5.92 Å². The van der Waals surface area contributed by atoms with Crippen molar-refractivity contribution in [2.75, 3.05) is 44.0 Å². The molecule has 11 heteroatoms. The number of aliphatic hydroxyl groups is 1. The van der Waals surface area contributed by atoms with Crippen LogP contribution >= 0.6 is 0 Å². The van der Waals surface area contributed by atoms with Gasteiger partial charge in [0.05, 0.1) is 36.1 Å². The standard InChI is InChI=1S/C39H47N5O6/c1-26-23-44(27(2)25-45)38(47)33-22-31(41-37(46)30-17-19-40-20-18-30)15-16-35(33)50-28(3)10-7-8-21-49-36(26)24-43(4)39(48)42-34-14-9-12-29-11-5-6-13-32(29)34/h5-6,9,11-20,22,26-28,36,45H,7-8,10,21,23-25H2,1-4H3,(H,41,46)(H,42,48)/t26-,27-,28+,36-/m1/s1. The number of hydrogen-bond acceptors (Lipinski definition) is 7. The van der Waals surface area contributed by atoms with Crippen LogP contribution in [0.25, 0.3) is 10.8 Å². The minimum absolute atomic E-state index is 0.191. The number of hydrogen-bond donors (Lipinski definition) is 3. The molecule has 264 valence electrons. The van der Waals surface area contributed by atoms with Crippen molar-refractivity contribution in [3.05, 3.63) is 96.3 Å². The first-order chi connectivity index (χ1) is 24.1. The van der Waals surface area contributed by atoms with E-state index >= 15 is 0 Å². The number of aliphatic hydroxyl groups excluding tert-OH is 1. The monoisotopic (exact) mass is 681 g/mol. The number of amides is 4. The second-order valence-electron chi connectivity index (χ2n) is 13.0. The third kappa shape index (κ3) is 9.16. The second kappa shape index (κ2) is 17.1. The number of aromatic nitrogens is 1. The van der Waals surface area contributed by atoms with E-state index in [0.717, 1.165) is 35.7 Å². The molecule has 0 spiro atoms. The smallest absolute Gasteiger partial charge is 0.321 e. The van der Waals surface area contributed by atoms with Gasteiger partial charge in [0.15, 0.2) is 0 Å². The molecule has 0 saturated heterocycles. The number of carbonyl (C=O) groups excluding carboxylic acids is 3. The lowest BCUT2D eigenvalue weighted by atomic mass is 10.0. The molecule has 1 aliphatic heterocycles. The molecule has 2 heterocycles. The van der Waals surface area contributed by atoms with Gasteiger partial charge in [-0.1, -0.05) is 43.3 Å². The van der Waals surface area contributed by atoms with Crippen LogP contribution in [0.3, 0.4) is 0 Å². The fraction of sp³-hybridized carbons (Fsp3) is 0.385. The number of nitrogens with one attached hydrogen (secondary N) is 2. The summed E-state index contributed by atoms with van der Waals surface area (Å²) in [6.45, 7) is 6.49. The Labute approximate surface area is 293 Å². The van der Waals surface area contributed by atoms with Gasteiger partial charge in [-0.25, -0.2) is 4.79 Å². The highest BCUT2D eigenvalue weighted by Gasteiger charge is 2.31. The number of likely N-dealkylation sites (N-methyl/N-ethyl adjacent to an activating group) is 1. The lowest BCUT2D eigenvalue weighted by Gasteiger charge is -2.35. The van der Waals surface area contributed by atoms with Crippen molar-refractivity contribution in [2.45, 2.75) is 58.3 Å². The molecule has 1 aliphatic rings. The average Bonchev–Trinajstić information content (AvgIpc) is 3.13. The zero-order chi connectivity index (χ0) is 35.6. The van der Waals surface area contributed by atoms with Gasteiger partial charge in [0, 0.05) is 61.7 Å². The van der Waals surface area contributed by atoms with E-state index in [0.29, 0.717) is 23.6 Å². The maximum absolute atomic E-state index is 14.4. The number of carbonyl (C=O) groups is 3. The first-order valence-electron chi connectivity index (χ1n) is 17.2. The van der Waals surface area contributed by atoms with E-state index in [-0.39, 0.29) is 55.1 Å². The SMILES string of the molecule is C[C@@H]1CN([C@H](C)CO)C(=O)c2cc(NC(=O)c3ccncc3)ccc2O[C@@H](C)CCCCO[C@@H]1CN(C)C(=O)Nc1cccc2ccccc12. The molecule has 3 aromatic carbocycles. The molecule has 4 aromatic rings. The van der Waals surface area contributed by atoms with Crippen molar-refractivity contribution in [3.8, 4) is 5.75 Å². The number of urea groups is 1. The summed E-state index contributed by atoms with van der Waals surface area (Å²) in [5.74, 6) is -0.500. The van der Waals surface area contributed by atoms with E-state index < -0.39 is 12.1 Å². The molecule has 3 N–H and O–H groups in total. The van der Waals surface area contributed by atoms with Crippen molar-refractivity contribution in [3.63, 3.8) is 0 Å².